The van der Waals surface area contributed by atoms with Crippen LogP contribution in [0.25, 0.3) is 0 Å². The molecule has 2 aromatic carbocycles. The summed E-state index contributed by atoms with van der Waals surface area (Å²) in [4.78, 5) is 30.6. The first-order valence-electron chi connectivity index (χ1n) is 15.7. The van der Waals surface area contributed by atoms with E-state index < -0.39 is 30.2 Å². The Bertz CT molecular complexity index is 1180. The standard InChI is InChI=1S/C34H44F2N2O4/c35-34(36,30(39)20-7-15-24-11-3-1-4-12-24)32(41)28-19-10-22-37(28)33(42)29-23-26-17-9-18-27(26)38(29)31(40)21-8-16-25-13-5-2-6-14-25/h1-6,11-14,26-30,32,39,41H,7-10,15-23H2/t26-,27-,28-,29-,30?,32?/m0/s1. The quantitative estimate of drug-likeness (QED) is 0.363. The molecule has 3 fully saturated rings. The number of amides is 2. The second-order valence-corrected chi connectivity index (χ2v) is 12.4. The highest BCUT2D eigenvalue weighted by Gasteiger charge is 2.55. The minimum absolute atomic E-state index is 0.0158. The van der Waals surface area contributed by atoms with Crippen molar-refractivity contribution in [2.75, 3.05) is 6.54 Å². The third-order valence-corrected chi connectivity index (χ3v) is 9.68. The summed E-state index contributed by atoms with van der Waals surface area (Å²) in [5.74, 6) is -3.90. The zero-order valence-electron chi connectivity index (χ0n) is 24.3. The lowest BCUT2D eigenvalue weighted by Crippen LogP contribution is -2.58. The van der Waals surface area contributed by atoms with Gasteiger partial charge in [-0.25, -0.2) is 8.78 Å². The number of likely N-dealkylation sites (tertiary alicyclic amines) is 2. The Balaban J connectivity index is 1.22. The molecule has 1 aliphatic carbocycles. The maximum Gasteiger partial charge on any atom is 0.300 e. The van der Waals surface area contributed by atoms with Crippen molar-refractivity contribution in [2.45, 2.75) is 113 Å². The van der Waals surface area contributed by atoms with Crippen LogP contribution in [0.1, 0.15) is 75.3 Å². The molecule has 0 aromatic heterocycles. The Morgan fingerprint density at radius 2 is 1.52 bits per heavy atom. The van der Waals surface area contributed by atoms with Gasteiger partial charge in [-0.05, 0) is 81.3 Å². The van der Waals surface area contributed by atoms with Crippen molar-refractivity contribution in [3.63, 3.8) is 0 Å². The average Bonchev–Trinajstić information content (AvgIpc) is 3.74. The zero-order chi connectivity index (χ0) is 29.7. The van der Waals surface area contributed by atoms with E-state index in [9.17, 15) is 19.8 Å². The second kappa shape index (κ2) is 13.6. The number of carbonyl (C=O) groups excluding carboxylic acids is 2. The highest BCUT2D eigenvalue weighted by atomic mass is 19.3. The van der Waals surface area contributed by atoms with Crippen LogP contribution < -0.4 is 0 Å². The van der Waals surface area contributed by atoms with Gasteiger partial charge in [-0.2, -0.15) is 0 Å². The fourth-order valence-electron chi connectivity index (χ4n) is 7.46. The SMILES string of the molecule is O=C([C@@H]1C[C@@H]2CCC[C@@H]2N1C(=O)CCCc1ccccc1)N1CCC[C@H]1C(O)C(F)(F)C(O)CCCc1ccccc1. The van der Waals surface area contributed by atoms with Crippen LogP contribution in [0.5, 0.6) is 0 Å². The number of hydrogen-bond donors (Lipinski definition) is 2. The van der Waals surface area contributed by atoms with E-state index in [4.69, 9.17) is 0 Å². The molecule has 5 rings (SSSR count). The number of fused-ring (bicyclic) bond motifs is 1. The molecule has 6 atom stereocenters. The minimum atomic E-state index is -3.76. The maximum absolute atomic E-state index is 15.4. The van der Waals surface area contributed by atoms with E-state index in [0.717, 1.165) is 36.8 Å². The van der Waals surface area contributed by atoms with Gasteiger partial charge in [-0.15, -0.1) is 0 Å². The molecule has 2 amide bonds. The molecule has 2 aliphatic heterocycles. The molecule has 2 unspecified atom stereocenters. The van der Waals surface area contributed by atoms with Crippen molar-refractivity contribution in [1.29, 1.82) is 0 Å². The van der Waals surface area contributed by atoms with E-state index in [0.29, 0.717) is 38.5 Å². The summed E-state index contributed by atoms with van der Waals surface area (Å²) in [7, 11) is 0. The molecule has 8 heteroatoms. The summed E-state index contributed by atoms with van der Waals surface area (Å²) < 4.78 is 30.7. The Morgan fingerprint density at radius 3 is 2.19 bits per heavy atom. The van der Waals surface area contributed by atoms with E-state index in [2.05, 4.69) is 0 Å². The summed E-state index contributed by atoms with van der Waals surface area (Å²) in [6.07, 6.45) is 2.47. The van der Waals surface area contributed by atoms with Crippen molar-refractivity contribution >= 4 is 11.8 Å². The van der Waals surface area contributed by atoms with Crippen LogP contribution in [0.4, 0.5) is 8.78 Å². The molecule has 3 aliphatic rings. The van der Waals surface area contributed by atoms with Gasteiger partial charge >= 0.3 is 5.92 Å². The number of nitrogens with zero attached hydrogens (tertiary/aromatic N) is 2. The van der Waals surface area contributed by atoms with Crippen molar-refractivity contribution < 1.29 is 28.6 Å². The molecule has 2 saturated heterocycles. The van der Waals surface area contributed by atoms with Crippen LogP contribution in [0.2, 0.25) is 0 Å². The molecule has 6 nitrogen and oxygen atoms in total. The average molecular weight is 583 g/mol. The monoisotopic (exact) mass is 582 g/mol. The number of aliphatic hydroxyl groups is 2. The van der Waals surface area contributed by atoms with Crippen molar-refractivity contribution in [3.05, 3.63) is 71.8 Å². The smallest absolute Gasteiger partial charge is 0.300 e. The lowest BCUT2D eigenvalue weighted by Gasteiger charge is -2.38. The lowest BCUT2D eigenvalue weighted by atomic mass is 9.94. The Hall–Kier alpha value is -2.84. The van der Waals surface area contributed by atoms with Gasteiger partial charge in [0.1, 0.15) is 18.2 Å². The number of hydrogen-bond acceptors (Lipinski definition) is 4. The fourth-order valence-corrected chi connectivity index (χ4v) is 7.46. The summed E-state index contributed by atoms with van der Waals surface area (Å²) in [6.45, 7) is 0.266. The third-order valence-electron chi connectivity index (χ3n) is 9.68. The Morgan fingerprint density at radius 1 is 0.881 bits per heavy atom. The molecular formula is C34H44F2N2O4. The molecule has 0 spiro atoms. The van der Waals surface area contributed by atoms with Gasteiger partial charge in [0.2, 0.25) is 11.8 Å². The molecule has 228 valence electrons. The fraction of sp³-hybridized carbons (Fsp3) is 0.588. The van der Waals surface area contributed by atoms with E-state index in [1.165, 1.54) is 4.90 Å². The van der Waals surface area contributed by atoms with Crippen molar-refractivity contribution in [1.82, 2.24) is 9.80 Å². The topological polar surface area (TPSA) is 81.1 Å². The predicted molar refractivity (Wildman–Crippen MR) is 157 cm³/mol. The molecule has 0 bridgehead atoms. The number of alkyl halides is 2. The third kappa shape index (κ3) is 6.70. The van der Waals surface area contributed by atoms with Crippen LogP contribution in [-0.2, 0) is 22.4 Å². The number of halogens is 2. The van der Waals surface area contributed by atoms with Crippen LogP contribution in [0, 0.1) is 5.92 Å². The summed E-state index contributed by atoms with van der Waals surface area (Å²) in [5, 5.41) is 21.3. The van der Waals surface area contributed by atoms with E-state index in [-0.39, 0.29) is 43.2 Å². The molecule has 42 heavy (non-hydrogen) atoms. The molecule has 1 saturated carbocycles. The maximum atomic E-state index is 15.4. The normalized spacial score (nSPS) is 25.4. The number of aliphatic hydroxyl groups excluding tert-OH is 2. The van der Waals surface area contributed by atoms with Crippen molar-refractivity contribution in [3.8, 4) is 0 Å². The van der Waals surface area contributed by atoms with Gasteiger partial charge in [0, 0.05) is 19.0 Å². The first-order valence-corrected chi connectivity index (χ1v) is 15.7. The first kappa shape index (κ1) is 30.6. The lowest BCUT2D eigenvalue weighted by molar-refractivity contribution is -0.196. The minimum Gasteiger partial charge on any atom is -0.387 e. The van der Waals surface area contributed by atoms with Crippen LogP contribution in [0.3, 0.4) is 0 Å². The zero-order valence-corrected chi connectivity index (χ0v) is 24.3. The Kier molecular flexibility index (Phi) is 9.94. The highest BCUT2D eigenvalue weighted by molar-refractivity contribution is 5.89. The van der Waals surface area contributed by atoms with Crippen LogP contribution in [-0.4, -0.2) is 74.6 Å². The van der Waals surface area contributed by atoms with E-state index >= 15 is 8.78 Å². The van der Waals surface area contributed by atoms with E-state index in [1.807, 2.05) is 60.7 Å². The number of carbonyl (C=O) groups is 2. The van der Waals surface area contributed by atoms with Gasteiger partial charge in [0.15, 0.2) is 0 Å². The molecule has 2 N–H and O–H groups in total. The summed E-state index contributed by atoms with van der Waals surface area (Å²) >= 11 is 0. The van der Waals surface area contributed by atoms with Crippen molar-refractivity contribution in [2.24, 2.45) is 5.92 Å². The van der Waals surface area contributed by atoms with Gasteiger partial charge in [0.25, 0.3) is 0 Å². The summed E-state index contributed by atoms with van der Waals surface area (Å²) in [5.41, 5.74) is 2.16. The van der Waals surface area contributed by atoms with Gasteiger partial charge in [-0.3, -0.25) is 9.59 Å². The predicted octanol–water partition coefficient (Wildman–Crippen LogP) is 5.15. The number of aryl methyl sites for hydroxylation is 2. The molecule has 0 radical (unpaired) electrons. The van der Waals surface area contributed by atoms with Crippen LogP contribution in [0.15, 0.2) is 60.7 Å². The highest BCUT2D eigenvalue weighted by Crippen LogP contribution is 2.43. The van der Waals surface area contributed by atoms with E-state index in [1.54, 1.807) is 4.90 Å². The van der Waals surface area contributed by atoms with Gasteiger partial charge < -0.3 is 20.0 Å². The Labute approximate surface area is 247 Å². The number of benzene rings is 2. The molecular weight excluding hydrogens is 538 g/mol. The molecule has 2 heterocycles. The summed E-state index contributed by atoms with van der Waals surface area (Å²) in [6, 6.07) is 17.7. The number of rotatable bonds is 12. The van der Waals surface area contributed by atoms with Crippen LogP contribution >= 0.6 is 0 Å². The largest absolute Gasteiger partial charge is 0.387 e. The second-order valence-electron chi connectivity index (χ2n) is 12.4. The van der Waals surface area contributed by atoms with Gasteiger partial charge in [0.05, 0.1) is 6.04 Å². The first-order chi connectivity index (χ1) is 20.3. The molecule has 2 aromatic rings. The van der Waals surface area contributed by atoms with Gasteiger partial charge in [-0.1, -0.05) is 67.1 Å².